The maximum Gasteiger partial charge on any atom is 0.269 e. The third kappa shape index (κ3) is 7.34. The van der Waals surface area contributed by atoms with Gasteiger partial charge in [0.2, 0.25) is 0 Å². The third-order valence-corrected chi connectivity index (χ3v) is 11.4. The highest BCUT2D eigenvalue weighted by Crippen LogP contribution is 2.38. The second-order valence-corrected chi connectivity index (χ2v) is 18.2. The number of aromatic nitrogens is 4. The first-order valence-corrected chi connectivity index (χ1v) is 21.1. The third-order valence-electron chi connectivity index (χ3n) is 11.4. The Labute approximate surface area is 371 Å². The van der Waals surface area contributed by atoms with Gasteiger partial charge in [-0.15, -0.1) is 0 Å². The molecule has 62 heavy (non-hydrogen) atoms. The van der Waals surface area contributed by atoms with Crippen LogP contribution in [0.2, 0.25) is 0 Å². The van der Waals surface area contributed by atoms with E-state index in [-0.39, 0.29) is 40.6 Å². The molecule has 7 aromatic carbocycles. The van der Waals surface area contributed by atoms with Crippen molar-refractivity contribution in [3.8, 4) is 50.9 Å². The molecule has 3 aromatic heterocycles. The monoisotopic (exact) mass is 811 g/mol. The average molecular weight is 812 g/mol. The molecule has 0 N–H and O–H groups in total. The van der Waals surface area contributed by atoms with Crippen molar-refractivity contribution in [1.82, 2.24) is 14.1 Å². The second kappa shape index (κ2) is 15.3. The van der Waals surface area contributed by atoms with Crippen molar-refractivity contribution >= 4 is 32.8 Å². The van der Waals surface area contributed by atoms with E-state index in [4.69, 9.17) is 16.6 Å². The zero-order valence-corrected chi connectivity index (χ0v) is 35.8. The molecule has 0 atom stereocenters. The Morgan fingerprint density at radius 1 is 0.629 bits per heavy atom. The summed E-state index contributed by atoms with van der Waals surface area (Å²) >= 11 is 0. The molecule has 10 rings (SSSR count). The van der Waals surface area contributed by atoms with E-state index in [0.29, 0.717) is 22.7 Å². The van der Waals surface area contributed by atoms with Gasteiger partial charge in [0.05, 0.1) is 40.3 Å². The second-order valence-electron chi connectivity index (χ2n) is 18.2. The van der Waals surface area contributed by atoms with Crippen LogP contribution in [0, 0.1) is 11.7 Å². The summed E-state index contributed by atoms with van der Waals surface area (Å²) in [5, 5.41) is 2.23. The lowest BCUT2D eigenvalue weighted by Crippen LogP contribution is -2.31. The van der Waals surface area contributed by atoms with Crippen LogP contribution < -0.4 is 9.30 Å². The molecule has 0 bridgehead atoms. The number of fused-ring (bicyclic) bond motifs is 4. The number of nitrogens with zero attached hydrogens (tertiary/aromatic N) is 4. The summed E-state index contributed by atoms with van der Waals surface area (Å²) in [6.45, 7) is 13.3. The standard InChI is InChI=1S/C57H50N4O/c1-56(2,3)37-39-17-14-20-41(33-39)47-25-16-24-46(40-18-8-7-9-19-40)55(47)60-38-59(51-27-12-13-28-52(51)60)43-21-15-22-44(35-43)62-45-29-30-49-48-23-10-11-26-50(48)61(53(49)36-45)54-34-42(31-32-58-54)57(4,5)6/h7-36H,37H2,1-6H3/i7D,8D,9D,18D,19D. The van der Waals surface area contributed by atoms with E-state index < -0.39 is 6.04 Å². The van der Waals surface area contributed by atoms with Gasteiger partial charge in [-0.05, 0) is 99.2 Å². The predicted molar refractivity (Wildman–Crippen MR) is 255 cm³/mol. The molecule has 0 aliphatic carbocycles. The molecule has 0 saturated carbocycles. The number of hydrogen-bond donors (Lipinski definition) is 0. The molecule has 0 aliphatic heterocycles. The lowest BCUT2D eigenvalue weighted by atomic mass is 9.87. The number of benzene rings is 7. The van der Waals surface area contributed by atoms with Crippen molar-refractivity contribution in [2.75, 3.05) is 0 Å². The molecule has 5 heteroatoms. The van der Waals surface area contributed by atoms with Crippen molar-refractivity contribution in [2.24, 2.45) is 5.41 Å². The van der Waals surface area contributed by atoms with Gasteiger partial charge in [0.25, 0.3) is 6.33 Å². The van der Waals surface area contributed by atoms with Crippen LogP contribution in [0.1, 0.15) is 59.5 Å². The predicted octanol–water partition coefficient (Wildman–Crippen LogP) is 14.2. The molecule has 10 aromatic rings. The van der Waals surface area contributed by atoms with Gasteiger partial charge in [-0.3, -0.25) is 13.7 Å². The van der Waals surface area contributed by atoms with Crippen LogP contribution in [-0.2, 0) is 11.8 Å². The summed E-state index contributed by atoms with van der Waals surface area (Å²) < 4.78 is 56.7. The summed E-state index contributed by atoms with van der Waals surface area (Å²) in [4.78, 5) is 4.86. The van der Waals surface area contributed by atoms with Gasteiger partial charge in [-0.1, -0.05) is 163 Å². The maximum atomic E-state index is 9.10. The van der Waals surface area contributed by atoms with E-state index in [9.17, 15) is 0 Å². The van der Waals surface area contributed by atoms with Crippen molar-refractivity contribution in [3.63, 3.8) is 0 Å². The molecule has 0 aliphatic rings. The number of rotatable bonds is 8. The Kier molecular flexibility index (Phi) is 8.28. The molecule has 0 spiro atoms. The van der Waals surface area contributed by atoms with Gasteiger partial charge in [-0.25, -0.2) is 4.98 Å². The molecular formula is C57H50N4O. The smallest absolute Gasteiger partial charge is 0.269 e. The van der Waals surface area contributed by atoms with Crippen LogP contribution in [0.5, 0.6) is 11.5 Å². The highest BCUT2D eigenvalue weighted by atomic mass is 16.5. The lowest BCUT2D eigenvalue weighted by molar-refractivity contribution is -0.571. The van der Waals surface area contributed by atoms with Crippen LogP contribution in [0.25, 0.3) is 72.3 Å². The number of para-hydroxylation sites is 4. The summed E-state index contributed by atoms with van der Waals surface area (Å²) in [7, 11) is 0. The van der Waals surface area contributed by atoms with Crippen molar-refractivity contribution in [2.45, 2.75) is 53.4 Å². The molecule has 3 heterocycles. The van der Waals surface area contributed by atoms with E-state index in [2.05, 4.69) is 125 Å². The topological polar surface area (TPSA) is 35.9 Å². The Morgan fingerprint density at radius 3 is 2.15 bits per heavy atom. The highest BCUT2D eigenvalue weighted by Gasteiger charge is 2.22. The zero-order valence-electron chi connectivity index (χ0n) is 40.8. The maximum absolute atomic E-state index is 9.10. The largest absolute Gasteiger partial charge is 0.458 e. The van der Waals surface area contributed by atoms with Crippen LogP contribution in [0.3, 0.4) is 0 Å². The number of hydrogen-bond acceptors (Lipinski definition) is 2. The molecule has 0 unspecified atom stereocenters. The Hall–Kier alpha value is -7.24. The summed E-state index contributed by atoms with van der Waals surface area (Å²) in [6, 6.07) is 47.2. The number of pyridine rings is 1. The molecule has 304 valence electrons. The fourth-order valence-corrected chi connectivity index (χ4v) is 8.57. The van der Waals surface area contributed by atoms with Gasteiger partial charge in [0, 0.05) is 23.0 Å². The van der Waals surface area contributed by atoms with Gasteiger partial charge in [0.15, 0.2) is 0 Å². The summed E-state index contributed by atoms with van der Waals surface area (Å²) in [5.74, 6) is 2.14. The minimum atomic E-state index is -0.436. The van der Waals surface area contributed by atoms with E-state index >= 15 is 0 Å². The van der Waals surface area contributed by atoms with Crippen LogP contribution in [0.15, 0.2) is 182 Å². The van der Waals surface area contributed by atoms with Crippen molar-refractivity contribution < 1.29 is 16.2 Å². The number of ether oxygens (including phenoxy) is 1. The number of imidazole rings is 1. The van der Waals surface area contributed by atoms with Crippen molar-refractivity contribution in [1.29, 1.82) is 0 Å². The fourth-order valence-electron chi connectivity index (χ4n) is 8.57. The Bertz CT molecular complexity index is 3550. The molecule has 0 saturated heterocycles. The quantitative estimate of drug-likeness (QED) is 0.113. The molecule has 0 fully saturated rings. The molecule has 0 amide bonds. The Morgan fingerprint density at radius 2 is 1.34 bits per heavy atom. The normalized spacial score (nSPS) is 13.2. The Balaban J connectivity index is 1.12. The average Bonchev–Trinajstić information content (AvgIpc) is 3.85. The summed E-state index contributed by atoms with van der Waals surface area (Å²) in [5.41, 5.74) is 9.88. The first kappa shape index (κ1) is 33.5. The van der Waals surface area contributed by atoms with Gasteiger partial charge >= 0.3 is 0 Å². The fraction of sp³-hybridized carbons (Fsp3) is 0.158. The van der Waals surface area contributed by atoms with E-state index in [0.717, 1.165) is 61.9 Å². The van der Waals surface area contributed by atoms with E-state index in [1.807, 2.05) is 88.1 Å². The first-order valence-electron chi connectivity index (χ1n) is 23.6. The summed E-state index contributed by atoms with van der Waals surface area (Å²) in [6.07, 6.45) is 6.40. The van der Waals surface area contributed by atoms with Crippen LogP contribution in [-0.4, -0.2) is 14.1 Å². The van der Waals surface area contributed by atoms with Crippen molar-refractivity contribution in [3.05, 3.63) is 199 Å². The highest BCUT2D eigenvalue weighted by molar-refractivity contribution is 6.09. The SMILES string of the molecule is [2H]c1c([2H])c([2H])c(-c2cccc(-c3cccc(CC(C)(C)C)c3)c2-[n+]2[c-]n(-c3cccc(Oc4ccc5c6ccccc6n(-c6cc(C(C)(C)C)ccn6)c5c4)c3)c3ccccc32)c([2H])c1[2H]. The van der Waals surface area contributed by atoms with Gasteiger partial charge in [0.1, 0.15) is 17.3 Å². The van der Waals surface area contributed by atoms with Gasteiger partial charge in [-0.2, -0.15) is 0 Å². The molecular weight excluding hydrogens is 757 g/mol. The van der Waals surface area contributed by atoms with Gasteiger partial charge < -0.3 is 4.74 Å². The van der Waals surface area contributed by atoms with Crippen LogP contribution in [0.4, 0.5) is 0 Å². The van der Waals surface area contributed by atoms with Crippen LogP contribution >= 0.6 is 0 Å². The zero-order chi connectivity index (χ0) is 46.9. The minimum Gasteiger partial charge on any atom is -0.458 e. The minimum absolute atomic E-state index is 0.0493. The molecule has 0 radical (unpaired) electrons. The molecule has 5 nitrogen and oxygen atoms in total. The first-order chi connectivity index (χ1) is 32.1. The van der Waals surface area contributed by atoms with E-state index in [1.165, 1.54) is 11.1 Å². The lowest BCUT2D eigenvalue weighted by Gasteiger charge is -2.20. The van der Waals surface area contributed by atoms with E-state index in [1.54, 1.807) is 0 Å².